The first-order valence-electron chi connectivity index (χ1n) is 7.45. The number of nitrogens with zero attached hydrogens (tertiary/aromatic N) is 2. The maximum Gasteiger partial charge on any atom is 0.148 e. The van der Waals surface area contributed by atoms with E-state index in [9.17, 15) is 5.11 Å². The lowest BCUT2D eigenvalue weighted by atomic mass is 9.97. The first kappa shape index (κ1) is 15.0. The standard InChI is InChI=1S/C14H25N5O/c1-2-4-12-13(17-9-18-14(12)19-15)16-7-10-5-3-6-11(10)8-20/h9-11,20H,2-8,15H2,1H3,(H2,16,17,18,19). The van der Waals surface area contributed by atoms with Crippen LogP contribution in [0.2, 0.25) is 0 Å². The highest BCUT2D eigenvalue weighted by molar-refractivity contribution is 5.56. The molecule has 1 fully saturated rings. The quantitative estimate of drug-likeness (QED) is 0.446. The number of anilines is 2. The summed E-state index contributed by atoms with van der Waals surface area (Å²) in [6.07, 6.45) is 6.93. The van der Waals surface area contributed by atoms with Crippen LogP contribution in [0, 0.1) is 11.8 Å². The van der Waals surface area contributed by atoms with Crippen LogP contribution in [0.15, 0.2) is 6.33 Å². The van der Waals surface area contributed by atoms with Crippen molar-refractivity contribution in [3.63, 3.8) is 0 Å². The van der Waals surface area contributed by atoms with Crippen LogP contribution >= 0.6 is 0 Å². The third-order valence-electron chi connectivity index (χ3n) is 4.16. The molecule has 0 spiro atoms. The van der Waals surface area contributed by atoms with Gasteiger partial charge in [-0.15, -0.1) is 0 Å². The molecule has 0 aromatic carbocycles. The van der Waals surface area contributed by atoms with Crippen LogP contribution in [0.4, 0.5) is 11.6 Å². The molecule has 1 aromatic heterocycles. The molecule has 1 heterocycles. The topological polar surface area (TPSA) is 96.1 Å². The Kier molecular flexibility index (Phi) is 5.55. The van der Waals surface area contributed by atoms with Gasteiger partial charge in [0.15, 0.2) is 0 Å². The number of hydrogen-bond donors (Lipinski definition) is 4. The summed E-state index contributed by atoms with van der Waals surface area (Å²) >= 11 is 0. The molecule has 112 valence electrons. The predicted octanol–water partition coefficient (Wildman–Crippen LogP) is 1.54. The van der Waals surface area contributed by atoms with E-state index in [0.29, 0.717) is 17.7 Å². The molecule has 1 aromatic rings. The number of hydrazine groups is 1. The summed E-state index contributed by atoms with van der Waals surface area (Å²) in [7, 11) is 0. The fourth-order valence-electron chi connectivity index (χ4n) is 3.03. The second-order valence-electron chi connectivity index (χ2n) is 5.46. The van der Waals surface area contributed by atoms with Crippen molar-refractivity contribution < 1.29 is 5.11 Å². The van der Waals surface area contributed by atoms with E-state index in [-0.39, 0.29) is 6.61 Å². The molecule has 0 amide bonds. The Bertz CT molecular complexity index is 426. The van der Waals surface area contributed by atoms with Crippen molar-refractivity contribution in [2.75, 3.05) is 23.9 Å². The summed E-state index contributed by atoms with van der Waals surface area (Å²) in [4.78, 5) is 8.50. The number of nitrogens with one attached hydrogen (secondary N) is 2. The SMILES string of the molecule is CCCc1c(NN)ncnc1NCC1CCCC1CO. The Morgan fingerprint density at radius 2 is 2.05 bits per heavy atom. The molecule has 20 heavy (non-hydrogen) atoms. The Labute approximate surface area is 120 Å². The minimum absolute atomic E-state index is 0.285. The summed E-state index contributed by atoms with van der Waals surface area (Å²) in [5, 5.41) is 12.8. The van der Waals surface area contributed by atoms with Crippen LogP contribution in [0.25, 0.3) is 0 Å². The van der Waals surface area contributed by atoms with Crippen LogP contribution in [0.1, 0.15) is 38.2 Å². The number of aliphatic hydroxyl groups excluding tert-OH is 1. The number of hydrogen-bond acceptors (Lipinski definition) is 6. The minimum atomic E-state index is 0.285. The van der Waals surface area contributed by atoms with Crippen molar-refractivity contribution in [2.24, 2.45) is 17.7 Å². The van der Waals surface area contributed by atoms with Crippen molar-refractivity contribution in [2.45, 2.75) is 39.0 Å². The maximum atomic E-state index is 9.37. The summed E-state index contributed by atoms with van der Waals surface area (Å²) < 4.78 is 0. The molecule has 0 bridgehead atoms. The van der Waals surface area contributed by atoms with Crippen molar-refractivity contribution in [1.29, 1.82) is 0 Å². The normalized spacial score (nSPS) is 21.9. The lowest BCUT2D eigenvalue weighted by Gasteiger charge is -2.20. The highest BCUT2D eigenvalue weighted by Crippen LogP contribution is 2.32. The largest absolute Gasteiger partial charge is 0.396 e. The van der Waals surface area contributed by atoms with Gasteiger partial charge in [-0.05, 0) is 31.1 Å². The van der Waals surface area contributed by atoms with Gasteiger partial charge in [0, 0.05) is 18.7 Å². The number of aliphatic hydroxyl groups is 1. The molecule has 1 aliphatic rings. The lowest BCUT2D eigenvalue weighted by molar-refractivity contribution is 0.199. The van der Waals surface area contributed by atoms with Gasteiger partial charge in [-0.2, -0.15) is 0 Å². The molecule has 0 saturated heterocycles. The van der Waals surface area contributed by atoms with E-state index >= 15 is 0 Å². The van der Waals surface area contributed by atoms with E-state index in [4.69, 9.17) is 5.84 Å². The van der Waals surface area contributed by atoms with Crippen LogP contribution in [0.3, 0.4) is 0 Å². The van der Waals surface area contributed by atoms with Gasteiger partial charge in [-0.3, -0.25) is 0 Å². The molecule has 2 atom stereocenters. The van der Waals surface area contributed by atoms with E-state index in [1.807, 2.05) is 0 Å². The van der Waals surface area contributed by atoms with E-state index in [2.05, 4.69) is 27.6 Å². The van der Waals surface area contributed by atoms with E-state index in [0.717, 1.165) is 37.2 Å². The average molecular weight is 279 g/mol. The molecule has 0 radical (unpaired) electrons. The molecular formula is C14H25N5O. The van der Waals surface area contributed by atoms with Crippen LogP contribution in [-0.2, 0) is 6.42 Å². The molecule has 2 unspecified atom stereocenters. The van der Waals surface area contributed by atoms with Crippen LogP contribution in [-0.4, -0.2) is 28.2 Å². The lowest BCUT2D eigenvalue weighted by Crippen LogP contribution is -2.22. The van der Waals surface area contributed by atoms with Gasteiger partial charge in [0.2, 0.25) is 0 Å². The third-order valence-corrected chi connectivity index (χ3v) is 4.16. The van der Waals surface area contributed by atoms with Gasteiger partial charge in [0.05, 0.1) is 0 Å². The number of rotatable bonds is 7. The van der Waals surface area contributed by atoms with Crippen molar-refractivity contribution >= 4 is 11.6 Å². The number of aromatic nitrogens is 2. The van der Waals surface area contributed by atoms with Crippen LogP contribution in [0.5, 0.6) is 0 Å². The highest BCUT2D eigenvalue weighted by atomic mass is 16.3. The Balaban J connectivity index is 2.05. The average Bonchev–Trinajstić information content (AvgIpc) is 2.93. The molecular weight excluding hydrogens is 254 g/mol. The van der Waals surface area contributed by atoms with Crippen molar-refractivity contribution in [1.82, 2.24) is 9.97 Å². The highest BCUT2D eigenvalue weighted by Gasteiger charge is 2.26. The van der Waals surface area contributed by atoms with Gasteiger partial charge in [-0.1, -0.05) is 19.8 Å². The monoisotopic (exact) mass is 279 g/mol. The van der Waals surface area contributed by atoms with Gasteiger partial charge in [0.25, 0.3) is 0 Å². The summed E-state index contributed by atoms with van der Waals surface area (Å²) in [6, 6.07) is 0. The molecule has 6 nitrogen and oxygen atoms in total. The molecule has 1 saturated carbocycles. The Hall–Kier alpha value is -1.40. The smallest absolute Gasteiger partial charge is 0.148 e. The van der Waals surface area contributed by atoms with Crippen LogP contribution < -0.4 is 16.6 Å². The van der Waals surface area contributed by atoms with Gasteiger partial charge < -0.3 is 15.8 Å². The second-order valence-corrected chi connectivity index (χ2v) is 5.46. The zero-order valence-corrected chi connectivity index (χ0v) is 12.1. The number of nitrogen functional groups attached to an aromatic ring is 1. The Morgan fingerprint density at radius 1 is 1.30 bits per heavy atom. The van der Waals surface area contributed by atoms with E-state index in [1.54, 1.807) is 0 Å². The predicted molar refractivity (Wildman–Crippen MR) is 80.2 cm³/mol. The minimum Gasteiger partial charge on any atom is -0.396 e. The van der Waals surface area contributed by atoms with Gasteiger partial charge >= 0.3 is 0 Å². The maximum absolute atomic E-state index is 9.37. The summed E-state index contributed by atoms with van der Waals surface area (Å²) in [6.45, 7) is 3.26. The summed E-state index contributed by atoms with van der Waals surface area (Å²) in [5.74, 6) is 8.01. The van der Waals surface area contributed by atoms with Crippen molar-refractivity contribution in [3.05, 3.63) is 11.9 Å². The molecule has 0 aliphatic heterocycles. The van der Waals surface area contributed by atoms with Crippen molar-refractivity contribution in [3.8, 4) is 0 Å². The summed E-state index contributed by atoms with van der Waals surface area (Å²) in [5.41, 5.74) is 3.68. The molecule has 2 rings (SSSR count). The number of nitrogens with two attached hydrogens (primary N) is 1. The van der Waals surface area contributed by atoms with E-state index in [1.165, 1.54) is 19.2 Å². The molecule has 5 N–H and O–H groups in total. The van der Waals surface area contributed by atoms with E-state index < -0.39 is 0 Å². The second kappa shape index (κ2) is 7.40. The zero-order valence-electron chi connectivity index (χ0n) is 12.1. The third kappa shape index (κ3) is 3.37. The van der Waals surface area contributed by atoms with Gasteiger partial charge in [0.1, 0.15) is 18.0 Å². The fourth-order valence-corrected chi connectivity index (χ4v) is 3.03. The first-order valence-corrected chi connectivity index (χ1v) is 7.45. The zero-order chi connectivity index (χ0) is 14.4. The van der Waals surface area contributed by atoms with Gasteiger partial charge in [-0.25, -0.2) is 15.8 Å². The Morgan fingerprint density at radius 3 is 2.75 bits per heavy atom. The first-order chi connectivity index (χ1) is 9.80. The fraction of sp³-hybridized carbons (Fsp3) is 0.714. The molecule has 6 heteroatoms. The molecule has 1 aliphatic carbocycles.